The number of rotatable bonds is 4. The Labute approximate surface area is 81.0 Å². The van der Waals surface area contributed by atoms with Crippen molar-refractivity contribution in [1.29, 1.82) is 0 Å². The number of methoxy groups -OCH3 is 1. The topological polar surface area (TPSA) is 38.3 Å². The summed E-state index contributed by atoms with van der Waals surface area (Å²) in [5.74, 6) is 0.554. The van der Waals surface area contributed by atoms with Gasteiger partial charge in [-0.1, -0.05) is 22.9 Å². The van der Waals surface area contributed by atoms with Gasteiger partial charge in [-0.15, -0.1) is 0 Å². The van der Waals surface area contributed by atoms with Crippen LogP contribution in [0.2, 0.25) is 0 Å². The molecular weight excluding hydrogens is 222 g/mol. The molecule has 1 aliphatic carbocycles. The van der Waals surface area contributed by atoms with E-state index < -0.39 is 0 Å². The van der Waals surface area contributed by atoms with Crippen molar-refractivity contribution >= 4 is 21.9 Å². The zero-order valence-corrected chi connectivity index (χ0v) is 8.93. The van der Waals surface area contributed by atoms with E-state index in [2.05, 4.69) is 32.9 Å². The molecule has 1 saturated carbocycles. The van der Waals surface area contributed by atoms with Gasteiger partial charge in [0.15, 0.2) is 0 Å². The molecule has 0 radical (unpaired) electrons. The van der Waals surface area contributed by atoms with E-state index in [-0.39, 0.29) is 10.8 Å². The minimum Gasteiger partial charge on any atom is -0.468 e. The molecular formula is C8H14BrNO2. The van der Waals surface area contributed by atoms with Gasteiger partial charge in [-0.3, -0.25) is 4.79 Å². The lowest BCUT2D eigenvalue weighted by Crippen LogP contribution is -2.31. The Balaban J connectivity index is 2.10. The molecule has 0 heterocycles. The highest BCUT2D eigenvalue weighted by Crippen LogP contribution is 2.28. The van der Waals surface area contributed by atoms with Gasteiger partial charge >= 0.3 is 5.97 Å². The fourth-order valence-corrected chi connectivity index (χ4v) is 1.45. The van der Waals surface area contributed by atoms with Gasteiger partial charge in [-0.2, -0.15) is 0 Å². The second-order valence-corrected chi connectivity index (χ2v) is 4.32. The minimum absolute atomic E-state index is 0.212. The van der Waals surface area contributed by atoms with Crippen LogP contribution in [0.5, 0.6) is 0 Å². The predicted octanol–water partition coefficient (Wildman–Crippen LogP) is 0.921. The van der Waals surface area contributed by atoms with Crippen molar-refractivity contribution in [2.75, 3.05) is 13.7 Å². The number of esters is 1. The summed E-state index contributed by atoms with van der Waals surface area (Å²) in [4.78, 5) is 10.7. The van der Waals surface area contributed by atoms with Crippen molar-refractivity contribution in [3.8, 4) is 0 Å². The first kappa shape index (κ1) is 9.99. The maximum absolute atomic E-state index is 10.9. The van der Waals surface area contributed by atoms with Gasteiger partial charge in [0.1, 0.15) is 4.83 Å². The molecule has 70 valence electrons. The molecule has 12 heavy (non-hydrogen) atoms. The SMILES string of the molecule is COC(=O)C(Br)CNC1CC1C. The highest BCUT2D eigenvalue weighted by Gasteiger charge is 2.32. The molecule has 3 atom stereocenters. The molecule has 0 aromatic heterocycles. The summed E-state index contributed by atoms with van der Waals surface area (Å²) in [6.07, 6.45) is 1.22. The number of hydrogen-bond donors (Lipinski definition) is 1. The smallest absolute Gasteiger partial charge is 0.320 e. The second kappa shape index (κ2) is 4.23. The molecule has 3 unspecified atom stereocenters. The molecule has 0 aliphatic heterocycles. The van der Waals surface area contributed by atoms with Gasteiger partial charge in [0.05, 0.1) is 7.11 Å². The van der Waals surface area contributed by atoms with E-state index in [0.717, 1.165) is 5.92 Å². The molecule has 0 bridgehead atoms. The van der Waals surface area contributed by atoms with Crippen molar-refractivity contribution in [2.24, 2.45) is 5.92 Å². The molecule has 1 aliphatic rings. The maximum atomic E-state index is 10.9. The summed E-state index contributed by atoms with van der Waals surface area (Å²) in [6.45, 7) is 2.85. The number of alkyl halides is 1. The Morgan fingerprint density at radius 3 is 2.83 bits per heavy atom. The zero-order valence-electron chi connectivity index (χ0n) is 7.34. The number of hydrogen-bond acceptors (Lipinski definition) is 3. The maximum Gasteiger partial charge on any atom is 0.320 e. The fourth-order valence-electron chi connectivity index (χ4n) is 1.07. The highest BCUT2D eigenvalue weighted by molar-refractivity contribution is 9.10. The third kappa shape index (κ3) is 2.75. The number of nitrogens with one attached hydrogen (secondary N) is 1. The molecule has 4 heteroatoms. The average molecular weight is 236 g/mol. The summed E-state index contributed by atoms with van der Waals surface area (Å²) >= 11 is 3.24. The van der Waals surface area contributed by atoms with E-state index in [9.17, 15) is 4.79 Å². The Hall–Kier alpha value is -0.0900. The normalized spacial score (nSPS) is 29.6. The van der Waals surface area contributed by atoms with E-state index >= 15 is 0 Å². The number of carbonyl (C=O) groups excluding carboxylic acids is 1. The van der Waals surface area contributed by atoms with E-state index in [1.54, 1.807) is 0 Å². The molecule has 1 N–H and O–H groups in total. The van der Waals surface area contributed by atoms with Gasteiger partial charge in [-0.05, 0) is 12.3 Å². The van der Waals surface area contributed by atoms with Crippen molar-refractivity contribution in [2.45, 2.75) is 24.2 Å². The van der Waals surface area contributed by atoms with Gasteiger partial charge < -0.3 is 10.1 Å². The van der Waals surface area contributed by atoms with E-state index in [1.165, 1.54) is 13.5 Å². The highest BCUT2D eigenvalue weighted by atomic mass is 79.9. The lowest BCUT2D eigenvalue weighted by Gasteiger charge is -2.07. The van der Waals surface area contributed by atoms with E-state index in [1.807, 2.05) is 0 Å². The lowest BCUT2D eigenvalue weighted by atomic mass is 10.4. The molecule has 1 fully saturated rings. The largest absolute Gasteiger partial charge is 0.468 e. The Morgan fingerprint density at radius 1 is 1.83 bits per heavy atom. The van der Waals surface area contributed by atoms with Crippen LogP contribution in [0, 0.1) is 5.92 Å². The van der Waals surface area contributed by atoms with Crippen molar-refractivity contribution in [3.05, 3.63) is 0 Å². The standard InChI is InChI=1S/C8H14BrNO2/c1-5-3-7(5)10-4-6(9)8(11)12-2/h5-7,10H,3-4H2,1-2H3. The summed E-state index contributed by atoms with van der Waals surface area (Å²) < 4.78 is 4.57. The summed E-state index contributed by atoms with van der Waals surface area (Å²) in [7, 11) is 1.40. The second-order valence-electron chi connectivity index (χ2n) is 3.22. The lowest BCUT2D eigenvalue weighted by molar-refractivity contribution is -0.139. The molecule has 0 saturated heterocycles. The first-order chi connectivity index (χ1) is 5.65. The van der Waals surface area contributed by atoms with E-state index in [0.29, 0.717) is 12.6 Å². The van der Waals surface area contributed by atoms with Gasteiger partial charge in [0.2, 0.25) is 0 Å². The van der Waals surface area contributed by atoms with Crippen LogP contribution < -0.4 is 5.32 Å². The molecule has 0 aromatic rings. The van der Waals surface area contributed by atoms with Crippen LogP contribution in [-0.2, 0) is 9.53 Å². The van der Waals surface area contributed by atoms with Crippen LogP contribution in [0.25, 0.3) is 0 Å². The van der Waals surface area contributed by atoms with Crippen molar-refractivity contribution < 1.29 is 9.53 Å². The Bertz CT molecular complexity index is 174. The fraction of sp³-hybridized carbons (Fsp3) is 0.875. The predicted molar refractivity (Wildman–Crippen MR) is 50.3 cm³/mol. The number of carbonyl (C=O) groups is 1. The first-order valence-electron chi connectivity index (χ1n) is 4.10. The molecule has 1 rings (SSSR count). The monoisotopic (exact) mass is 235 g/mol. The zero-order chi connectivity index (χ0) is 9.14. The molecule has 0 spiro atoms. The van der Waals surface area contributed by atoms with Crippen molar-refractivity contribution in [3.63, 3.8) is 0 Å². The summed E-state index contributed by atoms with van der Waals surface area (Å²) in [5, 5.41) is 3.27. The van der Waals surface area contributed by atoms with Crippen LogP contribution in [0.1, 0.15) is 13.3 Å². The van der Waals surface area contributed by atoms with Crippen LogP contribution in [-0.4, -0.2) is 30.5 Å². The van der Waals surface area contributed by atoms with Crippen LogP contribution >= 0.6 is 15.9 Å². The van der Waals surface area contributed by atoms with Crippen LogP contribution in [0.3, 0.4) is 0 Å². The Kier molecular flexibility index (Phi) is 3.53. The van der Waals surface area contributed by atoms with Gasteiger partial charge in [-0.25, -0.2) is 0 Å². The quantitative estimate of drug-likeness (QED) is 0.582. The number of halogens is 1. The minimum atomic E-state index is -0.213. The molecule has 0 amide bonds. The Morgan fingerprint density at radius 2 is 2.42 bits per heavy atom. The third-order valence-electron chi connectivity index (χ3n) is 2.13. The van der Waals surface area contributed by atoms with Crippen molar-refractivity contribution in [1.82, 2.24) is 5.32 Å². The van der Waals surface area contributed by atoms with Gasteiger partial charge in [0.25, 0.3) is 0 Å². The van der Waals surface area contributed by atoms with E-state index in [4.69, 9.17) is 0 Å². The summed E-state index contributed by atoms with van der Waals surface area (Å²) in [5.41, 5.74) is 0. The average Bonchev–Trinajstić information content (AvgIpc) is 2.76. The van der Waals surface area contributed by atoms with Crippen LogP contribution in [0.4, 0.5) is 0 Å². The van der Waals surface area contributed by atoms with Gasteiger partial charge in [0, 0.05) is 12.6 Å². The molecule has 0 aromatic carbocycles. The first-order valence-corrected chi connectivity index (χ1v) is 5.02. The van der Waals surface area contributed by atoms with Crippen LogP contribution in [0.15, 0.2) is 0 Å². The summed E-state index contributed by atoms with van der Waals surface area (Å²) in [6, 6.07) is 0.606. The third-order valence-corrected chi connectivity index (χ3v) is 2.82. The molecule has 3 nitrogen and oxygen atoms in total. The number of ether oxygens (including phenoxy) is 1.